The smallest absolute Gasteiger partial charge is 0.238 e. The van der Waals surface area contributed by atoms with Crippen molar-refractivity contribution in [3.05, 3.63) is 23.2 Å². The maximum Gasteiger partial charge on any atom is 0.238 e. The Morgan fingerprint density at radius 3 is 2.61 bits per heavy atom. The lowest BCUT2D eigenvalue weighted by Gasteiger charge is -2.08. The Morgan fingerprint density at radius 1 is 1.39 bits per heavy atom. The van der Waals surface area contributed by atoms with Crippen molar-refractivity contribution in [2.24, 2.45) is 5.14 Å². The molecule has 0 aliphatic heterocycles. The Labute approximate surface area is 115 Å². The highest BCUT2D eigenvalue weighted by molar-refractivity contribution is 7.89. The van der Waals surface area contributed by atoms with Crippen molar-refractivity contribution in [2.75, 3.05) is 11.2 Å². The summed E-state index contributed by atoms with van der Waals surface area (Å²) in [5, 5.41) is 7.73. The highest BCUT2D eigenvalue weighted by Gasteiger charge is 2.12. The summed E-state index contributed by atoms with van der Waals surface area (Å²) < 4.78 is 22.3. The third-order valence-corrected chi connectivity index (χ3v) is 3.59. The van der Waals surface area contributed by atoms with Gasteiger partial charge < -0.3 is 5.32 Å². The van der Waals surface area contributed by atoms with Crippen LogP contribution in [0, 0.1) is 0 Å². The molecule has 0 radical (unpaired) electrons. The van der Waals surface area contributed by atoms with Crippen molar-refractivity contribution in [3.8, 4) is 0 Å². The van der Waals surface area contributed by atoms with Crippen molar-refractivity contribution in [1.82, 2.24) is 0 Å². The van der Waals surface area contributed by atoms with Gasteiger partial charge >= 0.3 is 0 Å². The lowest BCUT2D eigenvalue weighted by Crippen LogP contribution is -2.15. The van der Waals surface area contributed by atoms with Crippen LogP contribution in [0.15, 0.2) is 23.1 Å². The number of anilines is 1. The van der Waals surface area contributed by atoms with Gasteiger partial charge in [-0.1, -0.05) is 11.6 Å². The number of amides is 1. The number of halogens is 2. The van der Waals surface area contributed by atoms with Gasteiger partial charge in [0.05, 0.1) is 15.6 Å². The third kappa shape index (κ3) is 4.45. The van der Waals surface area contributed by atoms with E-state index in [-0.39, 0.29) is 27.9 Å². The fourth-order valence-corrected chi connectivity index (χ4v) is 2.06. The Kier molecular flexibility index (Phi) is 5.40. The fraction of sp³-hybridized carbons (Fsp3) is 0.300. The van der Waals surface area contributed by atoms with Crippen LogP contribution in [-0.2, 0) is 14.8 Å². The Balaban J connectivity index is 2.92. The molecule has 100 valence electrons. The molecule has 1 amide bonds. The molecule has 1 aromatic rings. The van der Waals surface area contributed by atoms with Gasteiger partial charge in [-0.2, -0.15) is 0 Å². The fourth-order valence-electron chi connectivity index (χ4n) is 1.22. The third-order valence-electron chi connectivity index (χ3n) is 2.08. The summed E-state index contributed by atoms with van der Waals surface area (Å²) in [7, 11) is -3.83. The molecule has 0 aliphatic carbocycles. The molecule has 0 aliphatic rings. The van der Waals surface area contributed by atoms with Crippen LogP contribution in [0.2, 0.25) is 5.02 Å². The molecule has 0 saturated heterocycles. The molecule has 0 fully saturated rings. The number of benzene rings is 1. The molecule has 0 spiro atoms. The minimum atomic E-state index is -3.83. The first kappa shape index (κ1) is 15.2. The van der Waals surface area contributed by atoms with E-state index in [1.54, 1.807) is 0 Å². The second kappa shape index (κ2) is 6.38. The molecule has 0 heterocycles. The van der Waals surface area contributed by atoms with Crippen LogP contribution in [0.5, 0.6) is 0 Å². The van der Waals surface area contributed by atoms with Gasteiger partial charge in [0.15, 0.2) is 0 Å². The SMILES string of the molecule is NS(=O)(=O)c1ccc(Cl)c(NC(=O)CCCCl)c1. The first-order valence-electron chi connectivity index (χ1n) is 5.03. The van der Waals surface area contributed by atoms with Crippen LogP contribution in [0.25, 0.3) is 0 Å². The van der Waals surface area contributed by atoms with Gasteiger partial charge in [-0.15, -0.1) is 11.6 Å². The molecule has 3 N–H and O–H groups in total. The van der Waals surface area contributed by atoms with Crippen LogP contribution in [0.4, 0.5) is 5.69 Å². The normalized spacial score (nSPS) is 11.3. The predicted octanol–water partition coefficient (Wildman–Crippen LogP) is 1.94. The van der Waals surface area contributed by atoms with E-state index in [4.69, 9.17) is 28.3 Å². The molecule has 0 bridgehead atoms. The molecule has 0 saturated carbocycles. The zero-order valence-corrected chi connectivity index (χ0v) is 11.6. The van der Waals surface area contributed by atoms with Crippen LogP contribution in [0.1, 0.15) is 12.8 Å². The summed E-state index contributed by atoms with van der Waals surface area (Å²) in [5.41, 5.74) is 0.211. The number of sulfonamides is 1. The van der Waals surface area contributed by atoms with Crippen LogP contribution in [-0.4, -0.2) is 20.2 Å². The van der Waals surface area contributed by atoms with Gasteiger partial charge in [0.1, 0.15) is 0 Å². The highest BCUT2D eigenvalue weighted by atomic mass is 35.5. The van der Waals surface area contributed by atoms with Gasteiger partial charge in [-0.05, 0) is 24.6 Å². The summed E-state index contributed by atoms with van der Waals surface area (Å²) in [5.74, 6) is 0.0855. The van der Waals surface area contributed by atoms with Gasteiger partial charge in [0.2, 0.25) is 15.9 Å². The van der Waals surface area contributed by atoms with Crippen LogP contribution >= 0.6 is 23.2 Å². The molecular weight excluding hydrogens is 299 g/mol. The number of hydrogen-bond donors (Lipinski definition) is 2. The van der Waals surface area contributed by atoms with Crippen molar-refractivity contribution < 1.29 is 13.2 Å². The monoisotopic (exact) mass is 310 g/mol. The number of hydrogen-bond acceptors (Lipinski definition) is 3. The topological polar surface area (TPSA) is 89.3 Å². The van der Waals surface area contributed by atoms with E-state index in [2.05, 4.69) is 5.32 Å². The molecule has 0 unspecified atom stereocenters. The van der Waals surface area contributed by atoms with Crippen molar-refractivity contribution in [1.29, 1.82) is 0 Å². The van der Waals surface area contributed by atoms with Gasteiger partial charge in [0, 0.05) is 12.3 Å². The second-order valence-corrected chi connectivity index (χ2v) is 5.87. The minimum Gasteiger partial charge on any atom is -0.325 e. The zero-order valence-electron chi connectivity index (χ0n) is 9.32. The lowest BCUT2D eigenvalue weighted by molar-refractivity contribution is -0.116. The largest absolute Gasteiger partial charge is 0.325 e. The van der Waals surface area contributed by atoms with Crippen LogP contribution in [0.3, 0.4) is 0 Å². The number of alkyl halides is 1. The van der Waals surface area contributed by atoms with E-state index >= 15 is 0 Å². The van der Waals surface area contributed by atoms with Crippen molar-refractivity contribution in [3.63, 3.8) is 0 Å². The number of primary sulfonamides is 1. The summed E-state index contributed by atoms with van der Waals surface area (Å²) in [6.45, 7) is 0. The number of rotatable bonds is 5. The summed E-state index contributed by atoms with van der Waals surface area (Å²) in [4.78, 5) is 11.4. The van der Waals surface area contributed by atoms with Crippen molar-refractivity contribution >= 4 is 44.8 Å². The minimum absolute atomic E-state index is 0.112. The Hall–Kier alpha value is -0.820. The number of carbonyl (C=O) groups excluding carboxylic acids is 1. The molecule has 0 aromatic heterocycles. The maximum atomic E-state index is 11.5. The predicted molar refractivity (Wildman–Crippen MR) is 71.4 cm³/mol. The van der Waals surface area contributed by atoms with Gasteiger partial charge in [0.25, 0.3) is 0 Å². The molecule has 1 rings (SSSR count). The maximum absolute atomic E-state index is 11.5. The molecule has 5 nitrogen and oxygen atoms in total. The standard InChI is InChI=1S/C10H12Cl2N2O3S/c11-5-1-2-10(15)14-9-6-7(18(13,16)17)3-4-8(9)12/h3-4,6H,1-2,5H2,(H,14,15)(H2,13,16,17). The van der Waals surface area contributed by atoms with E-state index in [9.17, 15) is 13.2 Å². The Bertz CT molecular complexity index is 546. The zero-order chi connectivity index (χ0) is 13.8. The molecule has 1 aromatic carbocycles. The number of carbonyl (C=O) groups is 1. The van der Waals surface area contributed by atoms with Crippen LogP contribution < -0.4 is 10.5 Å². The summed E-state index contributed by atoms with van der Waals surface area (Å²) >= 11 is 11.3. The number of nitrogens with two attached hydrogens (primary N) is 1. The summed E-state index contributed by atoms with van der Waals surface area (Å²) in [6.07, 6.45) is 0.763. The van der Waals surface area contributed by atoms with E-state index < -0.39 is 10.0 Å². The first-order valence-corrected chi connectivity index (χ1v) is 7.48. The average molecular weight is 311 g/mol. The second-order valence-electron chi connectivity index (χ2n) is 3.53. The summed E-state index contributed by atoms with van der Waals surface area (Å²) in [6, 6.07) is 3.85. The quantitative estimate of drug-likeness (QED) is 0.814. The van der Waals surface area contributed by atoms with Gasteiger partial charge in [-0.25, -0.2) is 13.6 Å². The number of nitrogens with one attached hydrogen (secondary N) is 1. The van der Waals surface area contributed by atoms with E-state index in [0.717, 1.165) is 0 Å². The van der Waals surface area contributed by atoms with Gasteiger partial charge in [-0.3, -0.25) is 4.79 Å². The Morgan fingerprint density at radius 2 is 2.06 bits per heavy atom. The van der Waals surface area contributed by atoms with Crippen molar-refractivity contribution in [2.45, 2.75) is 17.7 Å². The molecule has 8 heteroatoms. The molecule has 18 heavy (non-hydrogen) atoms. The van der Waals surface area contributed by atoms with E-state index in [1.807, 2.05) is 0 Å². The van der Waals surface area contributed by atoms with E-state index in [1.165, 1.54) is 18.2 Å². The lowest BCUT2D eigenvalue weighted by atomic mass is 10.3. The first-order chi connectivity index (χ1) is 8.34. The molecular formula is C10H12Cl2N2O3S. The average Bonchev–Trinajstić information content (AvgIpc) is 2.28. The molecule has 0 atom stereocenters. The van der Waals surface area contributed by atoms with E-state index in [0.29, 0.717) is 12.3 Å². The highest BCUT2D eigenvalue weighted by Crippen LogP contribution is 2.24.